The molecule has 0 saturated carbocycles. The third kappa shape index (κ3) is 3.40. The van der Waals surface area contributed by atoms with Crippen molar-refractivity contribution in [3.05, 3.63) is 83.8 Å². The Morgan fingerprint density at radius 3 is 2.55 bits per heavy atom. The van der Waals surface area contributed by atoms with Crippen molar-refractivity contribution in [2.75, 3.05) is 5.32 Å². The molecule has 0 atom stereocenters. The van der Waals surface area contributed by atoms with Crippen LogP contribution in [0.3, 0.4) is 0 Å². The molecule has 0 spiro atoms. The van der Waals surface area contributed by atoms with E-state index in [4.69, 9.17) is 9.72 Å². The first kappa shape index (κ1) is 17.3. The highest BCUT2D eigenvalue weighted by atomic mass is 16.5. The van der Waals surface area contributed by atoms with Crippen LogP contribution in [0.5, 0.6) is 11.8 Å². The molecule has 0 fully saturated rings. The number of hydrogen-bond acceptors (Lipinski definition) is 5. The van der Waals surface area contributed by atoms with Crippen LogP contribution in [0.1, 0.15) is 28.0 Å². The van der Waals surface area contributed by atoms with E-state index in [9.17, 15) is 4.79 Å². The molecular weight excluding hydrogens is 364 g/mol. The van der Waals surface area contributed by atoms with Crippen LogP contribution >= 0.6 is 0 Å². The van der Waals surface area contributed by atoms with E-state index in [0.717, 1.165) is 47.0 Å². The molecule has 2 aromatic heterocycles. The van der Waals surface area contributed by atoms with Crippen LogP contribution in [0.15, 0.2) is 67.0 Å². The van der Waals surface area contributed by atoms with E-state index < -0.39 is 0 Å². The van der Waals surface area contributed by atoms with Gasteiger partial charge in [0.15, 0.2) is 0 Å². The lowest BCUT2D eigenvalue weighted by Crippen LogP contribution is -2.15. The Kier molecular flexibility index (Phi) is 4.37. The Labute approximate surface area is 167 Å². The summed E-state index contributed by atoms with van der Waals surface area (Å²) < 4.78 is 5.60. The van der Waals surface area contributed by atoms with Gasteiger partial charge in [-0.1, -0.05) is 18.2 Å². The van der Waals surface area contributed by atoms with Crippen molar-refractivity contribution in [2.24, 2.45) is 0 Å². The molecule has 0 saturated heterocycles. The number of aryl methyl sites for hydroxylation is 1. The van der Waals surface area contributed by atoms with Gasteiger partial charge in [0, 0.05) is 29.2 Å². The highest BCUT2D eigenvalue weighted by molar-refractivity contribution is 6.13. The number of para-hydroxylation sites is 1. The molecule has 29 heavy (non-hydrogen) atoms. The molecule has 0 bridgehead atoms. The summed E-state index contributed by atoms with van der Waals surface area (Å²) in [6.45, 7) is 0. The summed E-state index contributed by atoms with van der Waals surface area (Å²) in [6.07, 6.45) is 6.09. The van der Waals surface area contributed by atoms with Crippen molar-refractivity contribution in [3.8, 4) is 11.8 Å². The summed E-state index contributed by atoms with van der Waals surface area (Å²) in [5, 5.41) is 3.91. The monoisotopic (exact) mass is 382 g/mol. The van der Waals surface area contributed by atoms with Crippen LogP contribution in [-0.2, 0) is 12.8 Å². The first-order valence-electron chi connectivity index (χ1n) is 9.55. The van der Waals surface area contributed by atoms with Gasteiger partial charge in [-0.25, -0.2) is 9.97 Å². The van der Waals surface area contributed by atoms with Crippen LogP contribution in [-0.4, -0.2) is 20.9 Å². The van der Waals surface area contributed by atoms with E-state index in [1.54, 1.807) is 42.7 Å². The Balaban J connectivity index is 1.41. The molecular formula is C23H18N4O2. The summed E-state index contributed by atoms with van der Waals surface area (Å²) in [5.41, 5.74) is 4.41. The summed E-state index contributed by atoms with van der Waals surface area (Å²) in [4.78, 5) is 26.0. The number of carbonyl (C=O) groups excluding carboxylic acids is 1. The maximum absolute atomic E-state index is 13.2. The fraction of sp³-hybridized carbons (Fsp3) is 0.130. The van der Waals surface area contributed by atoms with Crippen LogP contribution in [0.4, 0.5) is 5.69 Å². The number of aromatic nitrogens is 3. The number of carbonyl (C=O) groups is 1. The van der Waals surface area contributed by atoms with E-state index in [1.807, 2.05) is 24.3 Å². The van der Waals surface area contributed by atoms with Crippen molar-refractivity contribution in [2.45, 2.75) is 19.3 Å². The molecule has 4 aromatic rings. The summed E-state index contributed by atoms with van der Waals surface area (Å²) in [5.74, 6) is 0.492. The third-order valence-electron chi connectivity index (χ3n) is 5.01. The summed E-state index contributed by atoms with van der Waals surface area (Å²) >= 11 is 0. The van der Waals surface area contributed by atoms with Crippen LogP contribution < -0.4 is 10.1 Å². The van der Waals surface area contributed by atoms with E-state index in [0.29, 0.717) is 11.4 Å². The molecule has 2 heterocycles. The minimum atomic E-state index is -0.109. The highest BCUT2D eigenvalue weighted by Crippen LogP contribution is 2.30. The standard InChI is InChI=1S/C23H18N4O2/c28-22(21-17-5-1-2-7-19(17)27-20-8-3-6-18(20)21)26-15-9-11-16(12-10-15)29-23-24-13-4-14-25-23/h1-2,4-5,7,9-14H,3,6,8H2,(H,26,28). The van der Waals surface area contributed by atoms with Gasteiger partial charge < -0.3 is 10.1 Å². The van der Waals surface area contributed by atoms with Gasteiger partial charge in [0.25, 0.3) is 5.91 Å². The fourth-order valence-electron chi connectivity index (χ4n) is 3.71. The number of nitrogens with zero attached hydrogens (tertiary/aromatic N) is 3. The number of fused-ring (bicyclic) bond motifs is 2. The molecule has 5 rings (SSSR count). The maximum Gasteiger partial charge on any atom is 0.321 e. The minimum absolute atomic E-state index is 0.109. The van der Waals surface area contributed by atoms with Gasteiger partial charge in [-0.05, 0) is 61.2 Å². The first-order chi connectivity index (χ1) is 14.3. The lowest BCUT2D eigenvalue weighted by molar-refractivity contribution is 0.102. The fourth-order valence-corrected chi connectivity index (χ4v) is 3.71. The largest absolute Gasteiger partial charge is 0.424 e. The summed E-state index contributed by atoms with van der Waals surface area (Å²) in [7, 11) is 0. The molecule has 1 N–H and O–H groups in total. The molecule has 6 nitrogen and oxygen atoms in total. The molecule has 0 unspecified atom stereocenters. The second-order valence-corrected chi connectivity index (χ2v) is 6.89. The molecule has 1 aliphatic carbocycles. The molecule has 142 valence electrons. The van der Waals surface area contributed by atoms with E-state index in [1.165, 1.54) is 0 Å². The van der Waals surface area contributed by atoms with Gasteiger partial charge in [-0.3, -0.25) is 9.78 Å². The predicted octanol–water partition coefficient (Wildman–Crippen LogP) is 4.56. The van der Waals surface area contributed by atoms with Gasteiger partial charge in [0.2, 0.25) is 0 Å². The minimum Gasteiger partial charge on any atom is -0.424 e. The number of amides is 1. The lowest BCUT2D eigenvalue weighted by Gasteiger charge is -2.13. The Morgan fingerprint density at radius 1 is 0.931 bits per heavy atom. The van der Waals surface area contributed by atoms with Gasteiger partial charge in [0.05, 0.1) is 11.1 Å². The molecule has 2 aromatic carbocycles. The number of nitrogens with one attached hydrogen (secondary N) is 1. The third-order valence-corrected chi connectivity index (χ3v) is 5.01. The predicted molar refractivity (Wildman–Crippen MR) is 110 cm³/mol. The normalized spacial score (nSPS) is 12.6. The second kappa shape index (κ2) is 7.31. The number of anilines is 1. The molecule has 0 radical (unpaired) electrons. The first-order valence-corrected chi connectivity index (χ1v) is 9.55. The number of ether oxygens (including phenoxy) is 1. The average molecular weight is 382 g/mol. The number of benzene rings is 2. The maximum atomic E-state index is 13.2. The second-order valence-electron chi connectivity index (χ2n) is 6.89. The van der Waals surface area contributed by atoms with Crippen LogP contribution in [0.2, 0.25) is 0 Å². The Bertz CT molecular complexity index is 1190. The van der Waals surface area contributed by atoms with E-state index in [-0.39, 0.29) is 11.9 Å². The summed E-state index contributed by atoms with van der Waals surface area (Å²) in [6, 6.07) is 17.0. The SMILES string of the molecule is O=C(Nc1ccc(Oc2ncccn2)cc1)c1c2c(nc3ccccc13)CCC2. The van der Waals surface area contributed by atoms with Crippen molar-refractivity contribution < 1.29 is 9.53 Å². The van der Waals surface area contributed by atoms with Gasteiger partial charge in [-0.15, -0.1) is 0 Å². The van der Waals surface area contributed by atoms with E-state index >= 15 is 0 Å². The zero-order chi connectivity index (χ0) is 19.6. The Hall–Kier alpha value is -3.80. The molecule has 6 heteroatoms. The molecule has 1 amide bonds. The Morgan fingerprint density at radius 2 is 1.72 bits per heavy atom. The van der Waals surface area contributed by atoms with Crippen molar-refractivity contribution in [1.29, 1.82) is 0 Å². The zero-order valence-corrected chi connectivity index (χ0v) is 15.6. The van der Waals surface area contributed by atoms with Crippen molar-refractivity contribution in [1.82, 2.24) is 15.0 Å². The van der Waals surface area contributed by atoms with Crippen molar-refractivity contribution in [3.63, 3.8) is 0 Å². The number of hydrogen-bond donors (Lipinski definition) is 1. The molecule has 1 aliphatic rings. The topological polar surface area (TPSA) is 77.0 Å². The quantitative estimate of drug-likeness (QED) is 0.560. The molecule has 0 aliphatic heterocycles. The number of rotatable bonds is 4. The lowest BCUT2D eigenvalue weighted by atomic mass is 10.0. The smallest absolute Gasteiger partial charge is 0.321 e. The highest BCUT2D eigenvalue weighted by Gasteiger charge is 2.23. The van der Waals surface area contributed by atoms with Gasteiger partial charge in [-0.2, -0.15) is 0 Å². The van der Waals surface area contributed by atoms with Gasteiger partial charge >= 0.3 is 6.01 Å². The van der Waals surface area contributed by atoms with Crippen molar-refractivity contribution >= 4 is 22.5 Å². The van der Waals surface area contributed by atoms with Crippen LogP contribution in [0.25, 0.3) is 10.9 Å². The zero-order valence-electron chi connectivity index (χ0n) is 15.6. The van der Waals surface area contributed by atoms with E-state index in [2.05, 4.69) is 15.3 Å². The average Bonchev–Trinajstić information content (AvgIpc) is 3.22. The number of pyridine rings is 1. The van der Waals surface area contributed by atoms with Crippen LogP contribution in [0, 0.1) is 0 Å². The van der Waals surface area contributed by atoms with Gasteiger partial charge in [0.1, 0.15) is 5.75 Å².